The Morgan fingerprint density at radius 1 is 1.17 bits per heavy atom. The highest BCUT2D eigenvalue weighted by Gasteiger charge is 2.32. The van der Waals surface area contributed by atoms with Gasteiger partial charge in [-0.05, 0) is 82.7 Å². The van der Waals surface area contributed by atoms with Crippen molar-refractivity contribution < 1.29 is 9.90 Å². The van der Waals surface area contributed by atoms with Crippen LogP contribution in [-0.2, 0) is 4.79 Å². The quantitative estimate of drug-likeness (QED) is 0.527. The minimum atomic E-state index is -0.176. The van der Waals surface area contributed by atoms with Gasteiger partial charge in [-0.25, -0.2) is 4.98 Å². The lowest BCUT2D eigenvalue weighted by molar-refractivity contribution is -0.135. The third-order valence-electron chi connectivity index (χ3n) is 8.61. The number of carbonyl (C=O) groups excluding carboxylic acids is 1. The summed E-state index contributed by atoms with van der Waals surface area (Å²) in [7, 11) is 0. The van der Waals surface area contributed by atoms with Crippen molar-refractivity contribution in [2.75, 3.05) is 25.0 Å². The lowest BCUT2D eigenvalue weighted by atomic mass is 9.89. The lowest BCUT2D eigenvalue weighted by Gasteiger charge is -2.35. The Labute approximate surface area is 215 Å². The summed E-state index contributed by atoms with van der Waals surface area (Å²) < 4.78 is 2.37. The van der Waals surface area contributed by atoms with E-state index in [9.17, 15) is 9.90 Å². The number of aliphatic hydroxyl groups is 1. The standard InChI is InChI=1S/C28H44N6O2/c1-3-6-19(2)31-28-30-17-23-24(18-34(26(23)32-28)21-8-10-22(35)11-9-21)20-12-15-33(16-13-20)27(36)25-7-4-5-14-29-25/h17-22,25,29,35H,3-16H2,1-2H3,(H,30,31,32)/t19-,21?,22?,25+/m0/s1. The largest absolute Gasteiger partial charge is 0.393 e. The van der Waals surface area contributed by atoms with E-state index >= 15 is 0 Å². The molecule has 8 nitrogen and oxygen atoms in total. The van der Waals surface area contributed by atoms with Crippen LogP contribution < -0.4 is 10.6 Å². The van der Waals surface area contributed by atoms with E-state index in [0.717, 1.165) is 94.9 Å². The first-order valence-electron chi connectivity index (χ1n) is 14.4. The number of aromatic nitrogens is 3. The van der Waals surface area contributed by atoms with Crippen molar-refractivity contribution >= 4 is 22.9 Å². The molecule has 2 saturated heterocycles. The Morgan fingerprint density at radius 2 is 1.94 bits per heavy atom. The maximum absolute atomic E-state index is 13.0. The summed E-state index contributed by atoms with van der Waals surface area (Å²) >= 11 is 0. The second-order valence-electron chi connectivity index (χ2n) is 11.3. The SMILES string of the molecule is CCC[C@H](C)Nc1ncc2c(C3CCN(C(=O)[C@H]4CCCCN4)CC3)cn(C3CCC(O)CC3)c2n1. The van der Waals surface area contributed by atoms with E-state index in [4.69, 9.17) is 9.97 Å². The van der Waals surface area contributed by atoms with Crippen molar-refractivity contribution in [2.45, 2.75) is 115 Å². The van der Waals surface area contributed by atoms with Gasteiger partial charge in [0.2, 0.25) is 11.9 Å². The topological polar surface area (TPSA) is 95.3 Å². The average Bonchev–Trinajstić information content (AvgIpc) is 3.28. The van der Waals surface area contributed by atoms with Crippen molar-refractivity contribution in [3.63, 3.8) is 0 Å². The molecule has 1 aliphatic carbocycles. The second-order valence-corrected chi connectivity index (χ2v) is 11.3. The molecule has 2 aromatic rings. The number of anilines is 1. The van der Waals surface area contributed by atoms with Crippen LogP contribution in [-0.4, -0.2) is 68.3 Å². The van der Waals surface area contributed by atoms with Crippen LogP contribution in [0.25, 0.3) is 11.0 Å². The molecule has 2 aliphatic heterocycles. The zero-order valence-electron chi connectivity index (χ0n) is 22.1. The van der Waals surface area contributed by atoms with Gasteiger partial charge in [-0.3, -0.25) is 4.79 Å². The number of fused-ring (bicyclic) bond motifs is 1. The normalized spacial score (nSPS) is 26.8. The molecule has 2 atom stereocenters. The molecular weight excluding hydrogens is 452 g/mol. The molecule has 1 saturated carbocycles. The van der Waals surface area contributed by atoms with Crippen LogP contribution in [0.2, 0.25) is 0 Å². The summed E-state index contributed by atoms with van der Waals surface area (Å²) in [5, 5.41) is 18.1. The summed E-state index contributed by atoms with van der Waals surface area (Å²) in [4.78, 5) is 24.8. The van der Waals surface area contributed by atoms with E-state index in [2.05, 4.69) is 40.1 Å². The highest BCUT2D eigenvalue weighted by atomic mass is 16.3. The van der Waals surface area contributed by atoms with Crippen LogP contribution in [0.3, 0.4) is 0 Å². The number of aliphatic hydroxyl groups excluding tert-OH is 1. The molecule has 3 aliphatic rings. The predicted octanol–water partition coefficient (Wildman–Crippen LogP) is 4.36. The summed E-state index contributed by atoms with van der Waals surface area (Å²) in [6.07, 6.45) is 15.3. The Balaban J connectivity index is 1.36. The number of nitrogens with one attached hydrogen (secondary N) is 2. The smallest absolute Gasteiger partial charge is 0.239 e. The average molecular weight is 497 g/mol. The van der Waals surface area contributed by atoms with Gasteiger partial charge >= 0.3 is 0 Å². The molecule has 4 heterocycles. The summed E-state index contributed by atoms with van der Waals surface area (Å²) in [6.45, 7) is 6.97. The summed E-state index contributed by atoms with van der Waals surface area (Å²) in [5.74, 6) is 1.40. The third-order valence-corrected chi connectivity index (χ3v) is 8.61. The highest BCUT2D eigenvalue weighted by Crippen LogP contribution is 2.38. The third kappa shape index (κ3) is 5.54. The van der Waals surface area contributed by atoms with E-state index in [-0.39, 0.29) is 18.1 Å². The van der Waals surface area contributed by atoms with Crippen molar-refractivity contribution in [3.8, 4) is 0 Å². The van der Waals surface area contributed by atoms with Crippen LogP contribution in [0.1, 0.15) is 102 Å². The number of amides is 1. The number of likely N-dealkylation sites (tertiary alicyclic amines) is 1. The highest BCUT2D eigenvalue weighted by molar-refractivity contribution is 5.83. The maximum Gasteiger partial charge on any atom is 0.239 e. The molecule has 3 N–H and O–H groups in total. The first kappa shape index (κ1) is 25.5. The molecule has 36 heavy (non-hydrogen) atoms. The van der Waals surface area contributed by atoms with E-state index in [0.29, 0.717) is 23.9 Å². The Bertz CT molecular complexity index is 1020. The van der Waals surface area contributed by atoms with E-state index in [1.807, 2.05) is 6.20 Å². The summed E-state index contributed by atoms with van der Waals surface area (Å²) in [6, 6.07) is 0.702. The fraction of sp³-hybridized carbons (Fsp3) is 0.750. The Morgan fingerprint density at radius 3 is 2.64 bits per heavy atom. The van der Waals surface area contributed by atoms with Gasteiger partial charge in [-0.2, -0.15) is 4.98 Å². The molecular formula is C28H44N6O2. The molecule has 1 amide bonds. The number of hydrogen-bond acceptors (Lipinski definition) is 6. The number of carbonyl (C=O) groups is 1. The van der Waals surface area contributed by atoms with Gasteiger partial charge in [0.15, 0.2) is 0 Å². The van der Waals surface area contributed by atoms with Gasteiger partial charge in [0.25, 0.3) is 0 Å². The Hall–Kier alpha value is -2.19. The second kappa shape index (κ2) is 11.5. The minimum Gasteiger partial charge on any atom is -0.393 e. The fourth-order valence-corrected chi connectivity index (χ4v) is 6.48. The molecule has 0 spiro atoms. The number of hydrogen-bond donors (Lipinski definition) is 3. The molecule has 0 radical (unpaired) electrons. The van der Waals surface area contributed by atoms with Gasteiger partial charge in [0.1, 0.15) is 5.65 Å². The first-order chi connectivity index (χ1) is 17.5. The van der Waals surface area contributed by atoms with Crippen molar-refractivity contribution in [3.05, 3.63) is 18.0 Å². The monoisotopic (exact) mass is 496 g/mol. The predicted molar refractivity (Wildman–Crippen MR) is 143 cm³/mol. The van der Waals surface area contributed by atoms with Crippen molar-refractivity contribution in [1.82, 2.24) is 24.8 Å². The summed E-state index contributed by atoms with van der Waals surface area (Å²) in [5.41, 5.74) is 2.34. The number of rotatable bonds is 7. The van der Waals surface area contributed by atoms with Gasteiger partial charge in [0.05, 0.1) is 12.1 Å². The van der Waals surface area contributed by atoms with Gasteiger partial charge in [0, 0.05) is 43.0 Å². The van der Waals surface area contributed by atoms with E-state index in [1.165, 1.54) is 12.0 Å². The first-order valence-corrected chi connectivity index (χ1v) is 14.4. The van der Waals surface area contributed by atoms with Gasteiger partial charge in [-0.1, -0.05) is 19.8 Å². The molecule has 0 aromatic carbocycles. The van der Waals surface area contributed by atoms with Crippen molar-refractivity contribution in [2.24, 2.45) is 0 Å². The fourth-order valence-electron chi connectivity index (χ4n) is 6.48. The lowest BCUT2D eigenvalue weighted by Crippen LogP contribution is -2.50. The molecule has 198 valence electrons. The van der Waals surface area contributed by atoms with Crippen LogP contribution in [0.15, 0.2) is 12.4 Å². The van der Waals surface area contributed by atoms with Crippen LogP contribution in [0, 0.1) is 0 Å². The van der Waals surface area contributed by atoms with Gasteiger partial charge in [-0.15, -0.1) is 0 Å². The zero-order chi connectivity index (χ0) is 25.1. The van der Waals surface area contributed by atoms with Crippen LogP contribution in [0.4, 0.5) is 5.95 Å². The molecule has 0 unspecified atom stereocenters. The minimum absolute atomic E-state index is 0.00767. The van der Waals surface area contributed by atoms with Crippen molar-refractivity contribution in [1.29, 1.82) is 0 Å². The van der Waals surface area contributed by atoms with E-state index < -0.39 is 0 Å². The Kier molecular flexibility index (Phi) is 8.11. The maximum atomic E-state index is 13.0. The molecule has 8 heteroatoms. The number of piperidine rings is 2. The van der Waals surface area contributed by atoms with E-state index in [1.54, 1.807) is 0 Å². The molecule has 0 bridgehead atoms. The molecule has 5 rings (SSSR count). The van der Waals surface area contributed by atoms with Crippen LogP contribution >= 0.6 is 0 Å². The molecule has 2 aromatic heterocycles. The zero-order valence-corrected chi connectivity index (χ0v) is 22.1. The van der Waals surface area contributed by atoms with Gasteiger partial charge < -0.3 is 25.2 Å². The number of nitrogens with zero attached hydrogens (tertiary/aromatic N) is 4. The molecule has 3 fully saturated rings. The van der Waals surface area contributed by atoms with Crippen LogP contribution in [0.5, 0.6) is 0 Å².